The van der Waals surface area contributed by atoms with Gasteiger partial charge in [0.25, 0.3) is 0 Å². The minimum atomic E-state index is -1.16. The second-order valence-corrected chi connectivity index (χ2v) is 15.4. The van der Waals surface area contributed by atoms with Crippen LogP contribution < -0.4 is 5.32 Å². The average molecular weight is 450 g/mol. The van der Waals surface area contributed by atoms with Gasteiger partial charge < -0.3 is 19.7 Å². The molecule has 0 unspecified atom stereocenters. The fourth-order valence-electron chi connectivity index (χ4n) is 3.79. The SMILES string of the molecule is [C-]#[N+]c1ccc2c(-c3nc(N[C@H]4CC[C@H]4O)ncc3C)cn(COCC[Si](C)(C)C)c2c1. The van der Waals surface area contributed by atoms with Crippen LogP contribution in [0.4, 0.5) is 11.6 Å². The van der Waals surface area contributed by atoms with Crippen LogP contribution in [-0.4, -0.2) is 46.5 Å². The van der Waals surface area contributed by atoms with Crippen molar-refractivity contribution >= 4 is 30.6 Å². The number of ether oxygens (including phenoxy) is 1. The van der Waals surface area contributed by atoms with Crippen LogP contribution in [0.2, 0.25) is 25.7 Å². The Morgan fingerprint density at radius 3 is 2.78 bits per heavy atom. The van der Waals surface area contributed by atoms with Gasteiger partial charge in [-0.3, -0.25) is 0 Å². The van der Waals surface area contributed by atoms with Gasteiger partial charge in [0.2, 0.25) is 5.95 Å². The van der Waals surface area contributed by atoms with Gasteiger partial charge in [-0.05, 0) is 37.4 Å². The van der Waals surface area contributed by atoms with Crippen LogP contribution >= 0.6 is 0 Å². The fourth-order valence-corrected chi connectivity index (χ4v) is 4.54. The van der Waals surface area contributed by atoms with E-state index >= 15 is 0 Å². The minimum Gasteiger partial charge on any atom is -0.391 e. The molecule has 1 aliphatic carbocycles. The third kappa shape index (κ3) is 4.85. The molecule has 3 aromatic rings. The molecule has 168 valence electrons. The molecule has 0 amide bonds. The third-order valence-corrected chi connectivity index (χ3v) is 7.71. The topological polar surface area (TPSA) is 76.6 Å². The molecule has 32 heavy (non-hydrogen) atoms. The van der Waals surface area contributed by atoms with E-state index in [1.807, 2.05) is 31.3 Å². The van der Waals surface area contributed by atoms with Crippen LogP contribution in [0, 0.1) is 13.5 Å². The Labute approximate surface area is 190 Å². The molecule has 2 aromatic heterocycles. The van der Waals surface area contributed by atoms with Crippen molar-refractivity contribution in [3.05, 3.63) is 47.6 Å². The zero-order valence-corrected chi connectivity index (χ0v) is 20.2. The molecule has 1 aromatic carbocycles. The highest BCUT2D eigenvalue weighted by Crippen LogP contribution is 2.34. The third-order valence-electron chi connectivity index (χ3n) is 6.00. The number of aliphatic hydroxyl groups is 1. The highest BCUT2D eigenvalue weighted by Gasteiger charge is 2.29. The number of aliphatic hydroxyl groups excluding tert-OH is 1. The van der Waals surface area contributed by atoms with Crippen LogP contribution in [0.1, 0.15) is 18.4 Å². The van der Waals surface area contributed by atoms with Gasteiger partial charge in [-0.2, -0.15) is 0 Å². The lowest BCUT2D eigenvalue weighted by Crippen LogP contribution is -2.43. The molecule has 4 rings (SSSR count). The predicted octanol–water partition coefficient (Wildman–Crippen LogP) is 5.21. The van der Waals surface area contributed by atoms with E-state index in [0.29, 0.717) is 18.4 Å². The average Bonchev–Trinajstić information content (AvgIpc) is 3.11. The number of fused-ring (bicyclic) bond motifs is 1. The van der Waals surface area contributed by atoms with Crippen LogP contribution in [0.15, 0.2) is 30.6 Å². The molecule has 0 bridgehead atoms. The molecule has 0 spiro atoms. The Hall–Kier alpha value is -2.73. The first-order valence-corrected chi connectivity index (χ1v) is 14.8. The number of aryl methyl sites for hydroxylation is 1. The molecule has 0 aliphatic heterocycles. The molecule has 8 heteroatoms. The number of nitrogens with zero attached hydrogens (tertiary/aromatic N) is 4. The Balaban J connectivity index is 1.67. The van der Waals surface area contributed by atoms with Crippen LogP contribution in [-0.2, 0) is 11.5 Å². The van der Waals surface area contributed by atoms with Gasteiger partial charge in [-0.25, -0.2) is 14.8 Å². The summed E-state index contributed by atoms with van der Waals surface area (Å²) in [5.74, 6) is 0.527. The van der Waals surface area contributed by atoms with E-state index in [4.69, 9.17) is 16.3 Å². The van der Waals surface area contributed by atoms with Crippen LogP contribution in [0.5, 0.6) is 0 Å². The first-order valence-electron chi connectivity index (χ1n) is 11.1. The maximum atomic E-state index is 9.90. The van der Waals surface area contributed by atoms with E-state index in [0.717, 1.165) is 53.2 Å². The van der Waals surface area contributed by atoms with Crippen molar-refractivity contribution in [1.29, 1.82) is 0 Å². The Bertz CT molecular complexity index is 1160. The monoisotopic (exact) mass is 449 g/mol. The quantitative estimate of drug-likeness (QED) is 0.281. The molecule has 1 fully saturated rings. The summed E-state index contributed by atoms with van der Waals surface area (Å²) in [5.41, 5.74) is 4.37. The van der Waals surface area contributed by atoms with Gasteiger partial charge in [-0.15, -0.1) is 0 Å². The Kier molecular flexibility index (Phi) is 6.33. The zero-order chi connectivity index (χ0) is 22.9. The van der Waals surface area contributed by atoms with Crippen molar-refractivity contribution in [2.45, 2.75) is 64.3 Å². The molecular formula is C24H31N5O2Si. The van der Waals surface area contributed by atoms with Crippen LogP contribution in [0.25, 0.3) is 27.0 Å². The molecule has 7 nitrogen and oxygen atoms in total. The first-order chi connectivity index (χ1) is 15.2. The van der Waals surface area contributed by atoms with E-state index in [1.54, 1.807) is 0 Å². The van der Waals surface area contributed by atoms with Crippen molar-refractivity contribution in [1.82, 2.24) is 14.5 Å². The molecule has 2 atom stereocenters. The van der Waals surface area contributed by atoms with Gasteiger partial charge in [0.15, 0.2) is 5.69 Å². The lowest BCUT2D eigenvalue weighted by Gasteiger charge is -2.32. The van der Waals surface area contributed by atoms with Gasteiger partial charge in [0.1, 0.15) is 6.73 Å². The smallest absolute Gasteiger partial charge is 0.223 e. The lowest BCUT2D eigenvalue weighted by molar-refractivity contribution is 0.0782. The van der Waals surface area contributed by atoms with Gasteiger partial charge in [-0.1, -0.05) is 31.8 Å². The number of hydrogen-bond acceptors (Lipinski definition) is 5. The Morgan fingerprint density at radius 2 is 2.12 bits per heavy atom. The normalized spacial score (nSPS) is 18.4. The maximum absolute atomic E-state index is 9.90. The second kappa shape index (κ2) is 9.02. The summed E-state index contributed by atoms with van der Waals surface area (Å²) in [7, 11) is -1.16. The highest BCUT2D eigenvalue weighted by molar-refractivity contribution is 6.76. The summed E-state index contributed by atoms with van der Waals surface area (Å²) < 4.78 is 8.08. The predicted molar refractivity (Wildman–Crippen MR) is 131 cm³/mol. The number of aromatic nitrogens is 3. The second-order valence-electron chi connectivity index (χ2n) is 9.79. The van der Waals surface area contributed by atoms with Crippen molar-refractivity contribution in [3.63, 3.8) is 0 Å². The summed E-state index contributed by atoms with van der Waals surface area (Å²) in [6, 6.07) is 6.86. The number of anilines is 1. The zero-order valence-electron chi connectivity index (χ0n) is 19.2. The number of benzene rings is 1. The van der Waals surface area contributed by atoms with Crippen LogP contribution in [0.3, 0.4) is 0 Å². The summed E-state index contributed by atoms with van der Waals surface area (Å²) in [4.78, 5) is 12.8. The fraction of sp³-hybridized carbons (Fsp3) is 0.458. The molecule has 1 aliphatic rings. The summed E-state index contributed by atoms with van der Waals surface area (Å²) >= 11 is 0. The summed E-state index contributed by atoms with van der Waals surface area (Å²) in [6.07, 6.45) is 5.26. The summed E-state index contributed by atoms with van der Waals surface area (Å²) in [5, 5.41) is 14.2. The number of hydrogen-bond donors (Lipinski definition) is 2. The number of rotatable bonds is 8. The lowest BCUT2D eigenvalue weighted by atomic mass is 9.89. The van der Waals surface area contributed by atoms with E-state index in [2.05, 4.69) is 45.6 Å². The molecule has 2 N–H and O–H groups in total. The number of nitrogens with one attached hydrogen (secondary N) is 1. The van der Waals surface area contributed by atoms with Gasteiger partial charge in [0.05, 0.1) is 24.4 Å². The van der Waals surface area contributed by atoms with Gasteiger partial charge in [0, 0.05) is 43.5 Å². The van der Waals surface area contributed by atoms with Crippen molar-refractivity contribution < 1.29 is 9.84 Å². The maximum Gasteiger partial charge on any atom is 0.223 e. The first kappa shape index (κ1) is 22.5. The molecular weight excluding hydrogens is 418 g/mol. The summed E-state index contributed by atoms with van der Waals surface area (Å²) in [6.45, 7) is 17.6. The standard InChI is InChI=1S/C24H31N5O2Si/c1-16-13-26-24(27-20-8-9-22(20)30)28-23(16)19-14-29(15-31-10-11-32(3,4)5)21-12-17(25-2)6-7-18(19)21/h6-7,12-14,20,22,30H,8-11,15H2,1,3-5H3,(H,26,27,28)/t20-,22+/m0/s1. The molecule has 0 radical (unpaired) electrons. The minimum absolute atomic E-state index is 0.00730. The van der Waals surface area contributed by atoms with Crippen molar-refractivity contribution in [2.24, 2.45) is 0 Å². The molecule has 0 saturated heterocycles. The van der Waals surface area contributed by atoms with Crippen molar-refractivity contribution in [2.75, 3.05) is 11.9 Å². The van der Waals surface area contributed by atoms with E-state index < -0.39 is 8.07 Å². The van der Waals surface area contributed by atoms with E-state index in [1.165, 1.54) is 0 Å². The Morgan fingerprint density at radius 1 is 1.31 bits per heavy atom. The van der Waals surface area contributed by atoms with E-state index in [-0.39, 0.29) is 12.1 Å². The van der Waals surface area contributed by atoms with Gasteiger partial charge >= 0.3 is 0 Å². The molecule has 1 saturated carbocycles. The molecule has 2 heterocycles. The van der Waals surface area contributed by atoms with E-state index in [9.17, 15) is 5.11 Å². The van der Waals surface area contributed by atoms with Crippen molar-refractivity contribution in [3.8, 4) is 11.3 Å². The largest absolute Gasteiger partial charge is 0.391 e. The highest BCUT2D eigenvalue weighted by atomic mass is 28.3.